The predicted octanol–water partition coefficient (Wildman–Crippen LogP) is 2.19. The van der Waals surface area contributed by atoms with Gasteiger partial charge in [0.15, 0.2) is 5.03 Å². The van der Waals surface area contributed by atoms with Crippen LogP contribution in [0.15, 0.2) is 23.4 Å². The fourth-order valence-electron chi connectivity index (χ4n) is 0.692. The summed E-state index contributed by atoms with van der Waals surface area (Å²) in [5, 5.41) is -0.604. The summed E-state index contributed by atoms with van der Waals surface area (Å²) in [4.78, 5) is 3.08. The first-order valence-corrected chi connectivity index (χ1v) is 5.50. The van der Waals surface area contributed by atoms with E-state index < -0.39 is 25.8 Å². The van der Waals surface area contributed by atoms with Crippen molar-refractivity contribution in [3.8, 4) is 0 Å². The van der Waals surface area contributed by atoms with Gasteiger partial charge in [0.25, 0.3) is 9.05 Å². The van der Waals surface area contributed by atoms with E-state index in [9.17, 15) is 21.6 Å². The Morgan fingerprint density at radius 3 is 2.07 bits per heavy atom. The lowest BCUT2D eigenvalue weighted by Gasteiger charge is -2.05. The third-order valence-corrected chi connectivity index (χ3v) is 2.53. The maximum absolute atomic E-state index is 12.0. The first kappa shape index (κ1) is 14.1. The molecule has 0 fully saturated rings. The Labute approximate surface area is 88.1 Å². The zero-order valence-electron chi connectivity index (χ0n) is 7.12. The van der Waals surface area contributed by atoms with Crippen molar-refractivity contribution < 1.29 is 21.6 Å². The number of alkyl halides is 3. The molecule has 0 atom stereocenters. The van der Waals surface area contributed by atoms with E-state index in [1.54, 1.807) is 0 Å². The van der Waals surface area contributed by atoms with Crippen LogP contribution >= 0.6 is 10.7 Å². The molecule has 9 heteroatoms. The van der Waals surface area contributed by atoms with E-state index >= 15 is 0 Å². The fourth-order valence-corrected chi connectivity index (χ4v) is 1.38. The maximum atomic E-state index is 12.0. The van der Waals surface area contributed by atoms with Crippen LogP contribution in [0.5, 0.6) is 0 Å². The quantitative estimate of drug-likeness (QED) is 0.787. The molecule has 0 saturated heterocycles. The van der Waals surface area contributed by atoms with Crippen LogP contribution in [0.2, 0.25) is 0 Å². The van der Waals surface area contributed by atoms with Crippen LogP contribution in [-0.2, 0) is 15.2 Å². The van der Waals surface area contributed by atoms with Crippen molar-refractivity contribution in [3.63, 3.8) is 0 Å². The molecule has 1 aromatic rings. The first-order chi connectivity index (χ1) is 6.21. The SMILES string of the molecule is N.O=S(=O)(Cl)c1ccc(C(F)(F)F)cn1. The van der Waals surface area contributed by atoms with E-state index in [0.717, 1.165) is 0 Å². The summed E-state index contributed by atoms with van der Waals surface area (Å²) in [5.41, 5.74) is -1.03. The molecule has 0 aliphatic carbocycles. The highest BCUT2D eigenvalue weighted by molar-refractivity contribution is 8.13. The standard InChI is InChI=1S/C6H3ClF3NO2S.H3N/c7-14(12,13)5-2-1-4(3-11-5)6(8,9)10;/h1-3H;1H3. The smallest absolute Gasteiger partial charge is 0.344 e. The molecule has 1 rings (SSSR count). The lowest BCUT2D eigenvalue weighted by molar-refractivity contribution is -0.137. The molecule has 0 amide bonds. The maximum Gasteiger partial charge on any atom is 0.417 e. The highest BCUT2D eigenvalue weighted by Gasteiger charge is 2.31. The molecule has 0 radical (unpaired) electrons. The largest absolute Gasteiger partial charge is 0.417 e. The minimum absolute atomic E-state index is 0. The summed E-state index contributed by atoms with van der Waals surface area (Å²) in [6, 6.07) is 1.30. The zero-order valence-corrected chi connectivity index (χ0v) is 8.70. The molecule has 0 aromatic carbocycles. The van der Waals surface area contributed by atoms with Gasteiger partial charge in [-0.3, -0.25) is 0 Å². The Hall–Kier alpha value is -0.860. The molecule has 0 spiro atoms. The Bertz CT molecular complexity index is 429. The second-order valence-electron chi connectivity index (χ2n) is 2.32. The molecule has 0 aliphatic heterocycles. The molecule has 0 unspecified atom stereocenters. The minimum Gasteiger partial charge on any atom is -0.344 e. The number of pyridine rings is 1. The summed E-state index contributed by atoms with van der Waals surface area (Å²) in [5.74, 6) is 0. The van der Waals surface area contributed by atoms with Gasteiger partial charge in [0, 0.05) is 16.9 Å². The van der Waals surface area contributed by atoms with E-state index in [0.29, 0.717) is 18.3 Å². The van der Waals surface area contributed by atoms with Gasteiger partial charge in [-0.15, -0.1) is 0 Å². The van der Waals surface area contributed by atoms with Crippen LogP contribution in [0.3, 0.4) is 0 Å². The van der Waals surface area contributed by atoms with Gasteiger partial charge >= 0.3 is 6.18 Å². The first-order valence-electron chi connectivity index (χ1n) is 3.19. The van der Waals surface area contributed by atoms with Crippen molar-refractivity contribution in [2.45, 2.75) is 11.2 Å². The molecule has 1 aromatic heterocycles. The van der Waals surface area contributed by atoms with Crippen molar-refractivity contribution in [1.82, 2.24) is 11.1 Å². The van der Waals surface area contributed by atoms with Crippen molar-refractivity contribution in [2.75, 3.05) is 0 Å². The van der Waals surface area contributed by atoms with E-state index in [2.05, 4.69) is 4.98 Å². The molecular weight excluding hydrogens is 257 g/mol. The molecule has 4 nitrogen and oxygen atoms in total. The van der Waals surface area contributed by atoms with Crippen molar-refractivity contribution >= 4 is 19.7 Å². The van der Waals surface area contributed by atoms with E-state index in [-0.39, 0.29) is 6.15 Å². The summed E-state index contributed by atoms with van der Waals surface area (Å²) < 4.78 is 57.2. The molecule has 3 N–H and O–H groups in total. The van der Waals surface area contributed by atoms with Crippen LogP contribution in [-0.4, -0.2) is 13.4 Å². The monoisotopic (exact) mass is 262 g/mol. The van der Waals surface area contributed by atoms with Gasteiger partial charge < -0.3 is 6.15 Å². The Morgan fingerprint density at radius 2 is 1.80 bits per heavy atom. The second kappa shape index (κ2) is 4.33. The van der Waals surface area contributed by atoms with E-state index in [1.807, 2.05) is 0 Å². The van der Waals surface area contributed by atoms with Crippen molar-refractivity contribution in [3.05, 3.63) is 23.9 Å². The number of hydrogen-bond donors (Lipinski definition) is 1. The van der Waals surface area contributed by atoms with Gasteiger partial charge in [-0.05, 0) is 12.1 Å². The number of nitrogens with zero attached hydrogens (tertiary/aromatic N) is 1. The summed E-state index contributed by atoms with van der Waals surface area (Å²) in [6.45, 7) is 0. The van der Waals surface area contributed by atoms with Gasteiger partial charge in [0.2, 0.25) is 0 Å². The third kappa shape index (κ3) is 3.65. The van der Waals surface area contributed by atoms with Crippen LogP contribution in [0.1, 0.15) is 5.56 Å². The molecule has 0 bridgehead atoms. The Kier molecular flexibility index (Phi) is 4.08. The zero-order chi connectivity index (χ0) is 11.0. The fraction of sp³-hybridized carbons (Fsp3) is 0.167. The number of rotatable bonds is 1. The number of aromatic nitrogens is 1. The Balaban J connectivity index is 0.00000196. The van der Waals surface area contributed by atoms with Crippen molar-refractivity contribution in [1.29, 1.82) is 0 Å². The van der Waals surface area contributed by atoms with E-state index in [4.69, 9.17) is 10.7 Å². The van der Waals surface area contributed by atoms with Crippen LogP contribution in [0, 0.1) is 0 Å². The van der Waals surface area contributed by atoms with Crippen LogP contribution < -0.4 is 6.15 Å². The molecule has 1 heterocycles. The summed E-state index contributed by atoms with van der Waals surface area (Å²) >= 11 is 0. The highest BCUT2D eigenvalue weighted by Crippen LogP contribution is 2.29. The van der Waals surface area contributed by atoms with Gasteiger partial charge in [0.1, 0.15) is 0 Å². The number of hydrogen-bond acceptors (Lipinski definition) is 4. The third-order valence-electron chi connectivity index (χ3n) is 1.31. The highest BCUT2D eigenvalue weighted by atomic mass is 35.7. The van der Waals surface area contributed by atoms with Crippen molar-refractivity contribution in [2.24, 2.45) is 0 Å². The molecule has 0 aliphatic rings. The summed E-state index contributed by atoms with van der Waals surface area (Å²) in [6.07, 6.45) is -4.13. The van der Waals surface area contributed by atoms with Gasteiger partial charge in [-0.1, -0.05) is 0 Å². The lowest BCUT2D eigenvalue weighted by atomic mass is 10.3. The molecule has 0 saturated carbocycles. The van der Waals surface area contributed by atoms with Crippen LogP contribution in [0.4, 0.5) is 13.2 Å². The van der Waals surface area contributed by atoms with Crippen LogP contribution in [0.25, 0.3) is 0 Å². The Morgan fingerprint density at radius 1 is 1.27 bits per heavy atom. The normalized spacial score (nSPS) is 12.0. The summed E-state index contributed by atoms with van der Waals surface area (Å²) in [7, 11) is 0.782. The van der Waals surface area contributed by atoms with Gasteiger partial charge in [-0.2, -0.15) is 13.2 Å². The van der Waals surface area contributed by atoms with Gasteiger partial charge in [-0.25, -0.2) is 13.4 Å². The molecular formula is C6H6ClF3N2O2S. The van der Waals surface area contributed by atoms with E-state index in [1.165, 1.54) is 0 Å². The average molecular weight is 263 g/mol. The molecule has 15 heavy (non-hydrogen) atoms. The lowest BCUT2D eigenvalue weighted by Crippen LogP contribution is -2.06. The number of halogens is 4. The predicted molar refractivity (Wildman–Crippen MR) is 47.3 cm³/mol. The second-order valence-corrected chi connectivity index (χ2v) is 4.83. The molecule has 86 valence electrons. The minimum atomic E-state index is -4.54. The topological polar surface area (TPSA) is 82.0 Å². The van der Waals surface area contributed by atoms with Gasteiger partial charge in [0.05, 0.1) is 5.56 Å². The average Bonchev–Trinajstić information content (AvgIpc) is 2.01.